The Labute approximate surface area is 222 Å². The van der Waals surface area contributed by atoms with Crippen molar-refractivity contribution in [1.82, 2.24) is 24.8 Å². The molecule has 12 nitrogen and oxygen atoms in total. The van der Waals surface area contributed by atoms with Gasteiger partial charge in [0.05, 0.1) is 22.3 Å². The first-order valence-corrected chi connectivity index (χ1v) is 12.9. The Morgan fingerprint density at radius 2 is 1.87 bits per heavy atom. The zero-order valence-electron chi connectivity index (χ0n) is 18.9. The summed E-state index contributed by atoms with van der Waals surface area (Å²) in [6, 6.07) is 5.39. The average Bonchev–Trinajstić information content (AvgIpc) is 3.64. The van der Waals surface area contributed by atoms with Crippen LogP contribution < -0.4 is 26.0 Å². The van der Waals surface area contributed by atoms with Crippen LogP contribution in [0.3, 0.4) is 0 Å². The van der Waals surface area contributed by atoms with E-state index in [1.807, 2.05) is 0 Å². The van der Waals surface area contributed by atoms with Gasteiger partial charge in [-0.3, -0.25) is 14.6 Å². The number of aromatic nitrogens is 3. The monoisotopic (exact) mass is 591 g/mol. The maximum Gasteiger partial charge on any atom is 0.349 e. The van der Waals surface area contributed by atoms with Gasteiger partial charge in [0.15, 0.2) is 11.4 Å². The molecular formula is C21H17Cl2F2N5O7S. The summed E-state index contributed by atoms with van der Waals surface area (Å²) < 4.78 is 59.5. The first-order valence-electron chi connectivity index (χ1n) is 10.7. The van der Waals surface area contributed by atoms with E-state index in [1.54, 1.807) is 4.98 Å². The highest BCUT2D eigenvalue weighted by molar-refractivity contribution is 7.89. The van der Waals surface area contributed by atoms with Crippen molar-refractivity contribution in [1.29, 1.82) is 0 Å². The van der Waals surface area contributed by atoms with Gasteiger partial charge in [-0.25, -0.2) is 26.7 Å². The topological polar surface area (TPSA) is 172 Å². The Morgan fingerprint density at radius 1 is 1.21 bits per heavy atom. The molecule has 0 atom stereocenters. The highest BCUT2D eigenvalue weighted by Gasteiger charge is 2.26. The molecule has 3 aromatic rings. The number of ether oxygens (including phenoxy) is 1. The smallest absolute Gasteiger partial charge is 0.349 e. The maximum atomic E-state index is 13.1. The van der Waals surface area contributed by atoms with Gasteiger partial charge in [-0.2, -0.15) is 9.78 Å². The lowest BCUT2D eigenvalue weighted by atomic mass is 10.3. The molecule has 0 spiro atoms. The van der Waals surface area contributed by atoms with Crippen LogP contribution in [0.15, 0.2) is 44.8 Å². The fourth-order valence-corrected chi connectivity index (χ4v) is 4.78. The van der Waals surface area contributed by atoms with Gasteiger partial charge >= 0.3 is 5.69 Å². The summed E-state index contributed by atoms with van der Waals surface area (Å²) >= 11 is 12.4. The van der Waals surface area contributed by atoms with Crippen molar-refractivity contribution in [3.63, 3.8) is 0 Å². The number of sulfonamides is 1. The molecule has 2 aromatic carbocycles. The van der Waals surface area contributed by atoms with Gasteiger partial charge in [-0.1, -0.05) is 23.2 Å². The third-order valence-corrected chi connectivity index (χ3v) is 7.09. The zero-order valence-corrected chi connectivity index (χ0v) is 21.2. The molecule has 1 fully saturated rings. The Bertz CT molecular complexity index is 1620. The number of alkyl halides is 2. The highest BCUT2D eigenvalue weighted by atomic mass is 35.5. The van der Waals surface area contributed by atoms with E-state index >= 15 is 0 Å². The number of phenolic OH excluding ortho intramolecular Hbond substituents is 1. The van der Waals surface area contributed by atoms with Crippen LogP contribution in [0, 0.1) is 0 Å². The van der Waals surface area contributed by atoms with Gasteiger partial charge in [0, 0.05) is 12.1 Å². The third-order valence-electron chi connectivity index (χ3n) is 5.09. The number of carbonyl (C=O) groups excluding carboxylic acids is 1. The van der Waals surface area contributed by atoms with Crippen LogP contribution >= 0.6 is 23.2 Å². The summed E-state index contributed by atoms with van der Waals surface area (Å²) in [6.07, 6.45) is -1.62. The molecule has 4 N–H and O–H groups in total. The Morgan fingerprint density at radius 3 is 2.47 bits per heavy atom. The van der Waals surface area contributed by atoms with Gasteiger partial charge < -0.3 is 15.2 Å². The van der Waals surface area contributed by atoms with Crippen LogP contribution in [0.5, 0.6) is 17.2 Å². The van der Waals surface area contributed by atoms with E-state index in [9.17, 15) is 36.7 Å². The Kier molecular flexibility index (Phi) is 7.73. The number of aromatic hydroxyl groups is 1. The zero-order chi connectivity index (χ0) is 27.8. The minimum Gasteiger partial charge on any atom is -0.507 e. The molecule has 0 unspecified atom stereocenters. The number of rotatable bonds is 9. The predicted octanol–water partition coefficient (Wildman–Crippen LogP) is 2.22. The predicted molar refractivity (Wildman–Crippen MR) is 130 cm³/mol. The van der Waals surface area contributed by atoms with Crippen molar-refractivity contribution in [3.05, 3.63) is 66.9 Å². The normalized spacial score (nSPS) is 13.5. The molecule has 1 aliphatic rings. The molecule has 0 radical (unpaired) electrons. The molecule has 17 heteroatoms. The van der Waals surface area contributed by atoms with E-state index in [-0.39, 0.29) is 33.3 Å². The van der Waals surface area contributed by atoms with Crippen LogP contribution in [0.4, 0.5) is 8.78 Å². The van der Waals surface area contributed by atoms with E-state index in [1.165, 1.54) is 6.07 Å². The second-order valence-corrected chi connectivity index (χ2v) is 10.5. The van der Waals surface area contributed by atoms with Crippen LogP contribution in [-0.2, 0) is 14.8 Å². The van der Waals surface area contributed by atoms with Crippen LogP contribution in [-0.4, -0.2) is 46.8 Å². The van der Waals surface area contributed by atoms with E-state index < -0.39 is 56.5 Å². The Hall–Kier alpha value is -3.53. The number of halogens is 4. The Balaban J connectivity index is 1.60. The summed E-state index contributed by atoms with van der Waals surface area (Å²) in [5.74, 6) is -1.51. The number of hydrogen-bond donors (Lipinski definition) is 4. The number of amides is 1. The summed E-state index contributed by atoms with van der Waals surface area (Å²) in [5.41, 5.74) is -3.87. The average molecular weight is 592 g/mol. The largest absolute Gasteiger partial charge is 0.507 e. The summed E-state index contributed by atoms with van der Waals surface area (Å²) in [4.78, 5) is 36.6. The number of H-pyrrole nitrogens is 1. The SMILES string of the molecule is O=C(CNS(=O)(=O)c1cc(Oc2c(Cl)cc(-n3nc(C(F)F)c(=O)[nH]c3=O)cc2Cl)ccc1O)NC1CC1. The molecule has 1 heterocycles. The van der Waals surface area contributed by atoms with Crippen molar-refractivity contribution in [3.8, 4) is 22.9 Å². The van der Waals surface area contributed by atoms with Crippen LogP contribution in [0.25, 0.3) is 5.69 Å². The van der Waals surface area contributed by atoms with Crippen LogP contribution in [0.2, 0.25) is 10.0 Å². The molecule has 38 heavy (non-hydrogen) atoms. The van der Waals surface area contributed by atoms with Gasteiger partial charge in [0.2, 0.25) is 15.9 Å². The van der Waals surface area contributed by atoms with E-state index in [4.69, 9.17) is 27.9 Å². The summed E-state index contributed by atoms with van der Waals surface area (Å²) in [5, 5.41) is 15.6. The lowest BCUT2D eigenvalue weighted by Crippen LogP contribution is -2.37. The molecule has 1 aliphatic carbocycles. The maximum absolute atomic E-state index is 13.1. The van der Waals surface area contributed by atoms with Gasteiger partial charge in [0.1, 0.15) is 16.4 Å². The molecule has 0 saturated heterocycles. The molecule has 1 saturated carbocycles. The molecular weight excluding hydrogens is 575 g/mol. The number of carbonyl (C=O) groups is 1. The van der Waals surface area contributed by atoms with Crippen molar-refractivity contribution < 1.29 is 31.8 Å². The highest BCUT2D eigenvalue weighted by Crippen LogP contribution is 2.39. The lowest BCUT2D eigenvalue weighted by Gasteiger charge is -2.14. The minimum absolute atomic E-state index is 0.0305. The fraction of sp³-hybridized carbons (Fsp3) is 0.238. The van der Waals surface area contributed by atoms with Crippen LogP contribution in [0.1, 0.15) is 25.0 Å². The number of aromatic amines is 1. The number of nitrogens with one attached hydrogen (secondary N) is 3. The second-order valence-electron chi connectivity index (χ2n) is 7.99. The summed E-state index contributed by atoms with van der Waals surface area (Å²) in [6.45, 7) is -0.548. The minimum atomic E-state index is -4.34. The van der Waals surface area contributed by atoms with Crippen molar-refractivity contribution in [2.75, 3.05) is 6.54 Å². The quantitative estimate of drug-likeness (QED) is 0.293. The fourth-order valence-electron chi connectivity index (χ4n) is 3.13. The van der Waals surface area contributed by atoms with Gasteiger partial charge in [0.25, 0.3) is 12.0 Å². The van der Waals surface area contributed by atoms with E-state index in [0.717, 1.165) is 37.1 Å². The van der Waals surface area contributed by atoms with Gasteiger partial charge in [-0.05, 0) is 37.1 Å². The first kappa shape index (κ1) is 27.5. The summed E-state index contributed by atoms with van der Waals surface area (Å²) in [7, 11) is -4.34. The van der Waals surface area contributed by atoms with Crippen molar-refractivity contribution in [2.45, 2.75) is 30.2 Å². The number of benzene rings is 2. The lowest BCUT2D eigenvalue weighted by molar-refractivity contribution is -0.120. The third kappa shape index (κ3) is 6.12. The molecule has 202 valence electrons. The van der Waals surface area contributed by atoms with E-state index in [2.05, 4.69) is 15.1 Å². The molecule has 1 aromatic heterocycles. The van der Waals surface area contributed by atoms with Crippen molar-refractivity contribution >= 4 is 39.1 Å². The molecule has 4 rings (SSSR count). The standard InChI is InChI=1S/C21H17Cl2F2N5O7S/c22-12-5-10(30-21(34)28-20(33)17(29-30)19(24)25)6-13(23)18(12)37-11-3-4-14(31)15(7-11)38(35,36)26-8-16(32)27-9-1-2-9/h3-7,9,19,26,31H,1-2,8H2,(H,27,32)(H,28,33,34). The van der Waals surface area contributed by atoms with Gasteiger partial charge in [-0.15, -0.1) is 0 Å². The molecule has 0 aliphatic heterocycles. The molecule has 1 amide bonds. The van der Waals surface area contributed by atoms with E-state index in [0.29, 0.717) is 4.68 Å². The number of hydrogen-bond acceptors (Lipinski definition) is 8. The first-order chi connectivity index (χ1) is 17.9. The second kappa shape index (κ2) is 10.7. The van der Waals surface area contributed by atoms with Crippen molar-refractivity contribution in [2.24, 2.45) is 0 Å². The number of phenols is 1. The molecule has 0 bridgehead atoms. The number of nitrogens with zero attached hydrogens (tertiary/aromatic N) is 2.